The molecule has 0 N–H and O–H groups in total. The number of morpholine rings is 1. The molecule has 0 aliphatic carbocycles. The number of ether oxygens (including phenoxy) is 1. The molecule has 1 fully saturated rings. The summed E-state index contributed by atoms with van der Waals surface area (Å²) < 4.78 is 35.7. The number of nitrogens with zero attached hydrogens (tertiary/aromatic N) is 5. The minimum absolute atomic E-state index is 0.208. The van der Waals surface area contributed by atoms with E-state index in [1.165, 1.54) is 21.4 Å². The zero-order chi connectivity index (χ0) is 15.7. The van der Waals surface area contributed by atoms with Gasteiger partial charge in [-0.3, -0.25) is 9.36 Å². The molecule has 1 saturated heterocycles. The van der Waals surface area contributed by atoms with Gasteiger partial charge in [-0.15, -0.1) is 0 Å². The van der Waals surface area contributed by atoms with Crippen LogP contribution in [0.3, 0.4) is 0 Å². The summed E-state index contributed by atoms with van der Waals surface area (Å²) in [6.07, 6.45) is 6.21. The molecule has 0 radical (unpaired) electrons. The smallest absolute Gasteiger partial charge is 0.246 e. The van der Waals surface area contributed by atoms with Crippen molar-refractivity contribution in [2.24, 2.45) is 7.05 Å². The van der Waals surface area contributed by atoms with Crippen LogP contribution in [-0.2, 0) is 28.4 Å². The van der Waals surface area contributed by atoms with Gasteiger partial charge in [-0.2, -0.15) is 14.5 Å². The number of hydrogen-bond donors (Lipinski definition) is 0. The Kier molecular flexibility index (Phi) is 4.02. The van der Waals surface area contributed by atoms with E-state index in [1.54, 1.807) is 17.9 Å². The molecule has 3 heterocycles. The van der Waals surface area contributed by atoms with E-state index in [-0.39, 0.29) is 17.5 Å². The van der Waals surface area contributed by atoms with Gasteiger partial charge in [0.1, 0.15) is 4.90 Å². The molecule has 3 rings (SSSR count). The maximum absolute atomic E-state index is 12.6. The van der Waals surface area contributed by atoms with Gasteiger partial charge in [0.05, 0.1) is 25.1 Å². The van der Waals surface area contributed by atoms with Crippen LogP contribution in [0.4, 0.5) is 0 Å². The van der Waals surface area contributed by atoms with Gasteiger partial charge in [0.2, 0.25) is 10.0 Å². The number of aryl methyl sites for hydroxylation is 2. The fourth-order valence-corrected chi connectivity index (χ4v) is 3.86. The van der Waals surface area contributed by atoms with Crippen LogP contribution in [0.15, 0.2) is 29.7 Å². The van der Waals surface area contributed by atoms with Crippen molar-refractivity contribution in [3.63, 3.8) is 0 Å². The van der Waals surface area contributed by atoms with Gasteiger partial charge in [-0.1, -0.05) is 0 Å². The molecule has 1 aliphatic rings. The van der Waals surface area contributed by atoms with E-state index in [1.807, 2.05) is 13.1 Å². The summed E-state index contributed by atoms with van der Waals surface area (Å²) in [5, 5.41) is 8.15. The van der Waals surface area contributed by atoms with Crippen molar-refractivity contribution in [3.05, 3.63) is 30.4 Å². The minimum atomic E-state index is -3.54. The second-order valence-electron chi connectivity index (χ2n) is 5.20. The van der Waals surface area contributed by atoms with Crippen LogP contribution in [0.25, 0.3) is 0 Å². The SMILES string of the molecule is CCn1cc([C@H]2CN(S(=O)(=O)c3cnn(C)c3)CCO2)cn1. The molecule has 0 bridgehead atoms. The topological polar surface area (TPSA) is 82.2 Å². The van der Waals surface area contributed by atoms with Gasteiger partial charge in [0.25, 0.3) is 0 Å². The fraction of sp³-hybridized carbons (Fsp3) is 0.538. The number of hydrogen-bond acceptors (Lipinski definition) is 5. The predicted molar refractivity (Wildman–Crippen MR) is 78.6 cm³/mol. The van der Waals surface area contributed by atoms with Crippen molar-refractivity contribution >= 4 is 10.0 Å². The monoisotopic (exact) mass is 325 g/mol. The summed E-state index contributed by atoms with van der Waals surface area (Å²) in [7, 11) is -1.84. The highest BCUT2D eigenvalue weighted by molar-refractivity contribution is 7.89. The molecule has 2 aromatic heterocycles. The lowest BCUT2D eigenvalue weighted by Gasteiger charge is -2.31. The second kappa shape index (κ2) is 5.82. The molecule has 0 saturated carbocycles. The molecular weight excluding hydrogens is 306 g/mol. The highest BCUT2D eigenvalue weighted by atomic mass is 32.2. The highest BCUT2D eigenvalue weighted by Gasteiger charge is 2.32. The Bertz CT molecular complexity index is 751. The normalized spacial score (nSPS) is 20.4. The van der Waals surface area contributed by atoms with Crippen molar-refractivity contribution < 1.29 is 13.2 Å². The van der Waals surface area contributed by atoms with Crippen LogP contribution in [-0.4, -0.2) is 52.0 Å². The molecule has 8 nitrogen and oxygen atoms in total. The van der Waals surface area contributed by atoms with Crippen molar-refractivity contribution in [2.75, 3.05) is 19.7 Å². The molecule has 0 aromatic carbocycles. The Morgan fingerprint density at radius 1 is 1.32 bits per heavy atom. The van der Waals surface area contributed by atoms with Gasteiger partial charge in [-0.05, 0) is 6.92 Å². The molecule has 9 heteroatoms. The van der Waals surface area contributed by atoms with E-state index in [0.717, 1.165) is 12.1 Å². The van der Waals surface area contributed by atoms with Crippen molar-refractivity contribution in [1.29, 1.82) is 0 Å². The van der Waals surface area contributed by atoms with Gasteiger partial charge in [0.15, 0.2) is 0 Å². The third kappa shape index (κ3) is 2.79. The quantitative estimate of drug-likeness (QED) is 0.812. The lowest BCUT2D eigenvalue weighted by Crippen LogP contribution is -2.42. The lowest BCUT2D eigenvalue weighted by atomic mass is 10.2. The van der Waals surface area contributed by atoms with E-state index in [2.05, 4.69) is 10.2 Å². The summed E-state index contributed by atoms with van der Waals surface area (Å²) in [6.45, 7) is 3.76. The van der Waals surface area contributed by atoms with E-state index < -0.39 is 10.0 Å². The van der Waals surface area contributed by atoms with E-state index in [9.17, 15) is 8.42 Å². The zero-order valence-electron chi connectivity index (χ0n) is 12.6. The first-order chi connectivity index (χ1) is 10.5. The highest BCUT2D eigenvalue weighted by Crippen LogP contribution is 2.26. The maximum atomic E-state index is 12.6. The average molecular weight is 325 g/mol. The maximum Gasteiger partial charge on any atom is 0.246 e. The first-order valence-corrected chi connectivity index (χ1v) is 8.57. The summed E-state index contributed by atoms with van der Waals surface area (Å²) >= 11 is 0. The minimum Gasteiger partial charge on any atom is -0.371 e. The molecule has 1 atom stereocenters. The predicted octanol–water partition coefficient (Wildman–Crippen LogP) is 0.399. The van der Waals surface area contributed by atoms with E-state index in [0.29, 0.717) is 13.2 Å². The van der Waals surface area contributed by atoms with E-state index >= 15 is 0 Å². The van der Waals surface area contributed by atoms with E-state index in [4.69, 9.17) is 4.74 Å². The van der Waals surface area contributed by atoms with Crippen LogP contribution in [0.2, 0.25) is 0 Å². The van der Waals surface area contributed by atoms with Gasteiger partial charge < -0.3 is 4.74 Å². The lowest BCUT2D eigenvalue weighted by molar-refractivity contribution is -0.00260. The molecule has 120 valence electrons. The molecular formula is C13H19N5O3S. The fourth-order valence-electron chi connectivity index (χ4n) is 2.45. The standard InChI is InChI=1S/C13H19N5O3S/c1-3-17-8-11(6-15-17)13-10-18(4-5-21-13)22(19,20)12-7-14-16(2)9-12/h6-9,13H,3-5,10H2,1-2H3/t13-/m1/s1. The Hall–Kier alpha value is -1.71. The largest absolute Gasteiger partial charge is 0.371 e. The van der Waals surface area contributed by atoms with Crippen LogP contribution >= 0.6 is 0 Å². The van der Waals surface area contributed by atoms with Gasteiger partial charge in [0, 0.05) is 44.6 Å². The van der Waals surface area contributed by atoms with Crippen molar-refractivity contribution in [2.45, 2.75) is 24.5 Å². The molecule has 1 aliphatic heterocycles. The summed E-state index contributed by atoms with van der Waals surface area (Å²) in [4.78, 5) is 0.208. The molecule has 0 unspecified atom stereocenters. The Morgan fingerprint density at radius 3 is 2.77 bits per heavy atom. The second-order valence-corrected chi connectivity index (χ2v) is 7.14. The first-order valence-electron chi connectivity index (χ1n) is 7.13. The summed E-state index contributed by atoms with van der Waals surface area (Å²) in [5.41, 5.74) is 0.896. The van der Waals surface area contributed by atoms with Crippen molar-refractivity contribution in [3.8, 4) is 0 Å². The third-order valence-corrected chi connectivity index (χ3v) is 5.52. The number of aromatic nitrogens is 4. The third-order valence-electron chi connectivity index (χ3n) is 3.70. The molecule has 0 spiro atoms. The first kappa shape index (κ1) is 15.2. The Labute approximate surface area is 129 Å². The summed E-state index contributed by atoms with van der Waals surface area (Å²) in [6, 6.07) is 0. The molecule has 22 heavy (non-hydrogen) atoms. The Morgan fingerprint density at radius 2 is 2.14 bits per heavy atom. The Balaban J connectivity index is 1.80. The zero-order valence-corrected chi connectivity index (χ0v) is 13.4. The molecule has 2 aromatic rings. The molecule has 0 amide bonds. The van der Waals surface area contributed by atoms with Crippen LogP contribution in [0, 0.1) is 0 Å². The van der Waals surface area contributed by atoms with Crippen LogP contribution in [0.5, 0.6) is 0 Å². The average Bonchev–Trinajstić information content (AvgIpc) is 3.16. The van der Waals surface area contributed by atoms with Gasteiger partial charge in [-0.25, -0.2) is 8.42 Å². The van der Waals surface area contributed by atoms with Crippen LogP contribution in [0.1, 0.15) is 18.6 Å². The number of rotatable bonds is 4. The number of sulfonamides is 1. The van der Waals surface area contributed by atoms with Crippen molar-refractivity contribution in [1.82, 2.24) is 23.9 Å². The summed E-state index contributed by atoms with van der Waals surface area (Å²) in [5.74, 6) is 0. The van der Waals surface area contributed by atoms with Crippen LogP contribution < -0.4 is 0 Å². The van der Waals surface area contributed by atoms with Gasteiger partial charge >= 0.3 is 0 Å².